The number of anilines is 1. The van der Waals surface area contributed by atoms with Gasteiger partial charge in [0.25, 0.3) is 5.91 Å². The monoisotopic (exact) mass is 487 g/mol. The van der Waals surface area contributed by atoms with Crippen molar-refractivity contribution in [3.8, 4) is 11.1 Å². The largest absolute Gasteiger partial charge is 0.384 e. The number of rotatable bonds is 6. The van der Waals surface area contributed by atoms with Crippen LogP contribution in [0.15, 0.2) is 84.9 Å². The highest BCUT2D eigenvalue weighted by Crippen LogP contribution is 2.32. The third-order valence-electron chi connectivity index (χ3n) is 5.25. The number of fused-ring (bicyclic) bond motifs is 1. The molecule has 0 fully saturated rings. The maximum atomic E-state index is 13.2. The summed E-state index contributed by atoms with van der Waals surface area (Å²) in [5, 5.41) is 11.8. The van der Waals surface area contributed by atoms with Gasteiger partial charge in [-0.3, -0.25) is 10.2 Å². The molecule has 0 aliphatic rings. The number of nitrogens with one attached hydrogen (secondary N) is 2. The summed E-state index contributed by atoms with van der Waals surface area (Å²) in [5.74, 6) is -1.56. The Morgan fingerprint density at radius 2 is 1.43 bits per heavy atom. The first-order chi connectivity index (χ1) is 16.6. The molecule has 0 aliphatic carbocycles. The summed E-state index contributed by atoms with van der Waals surface area (Å²) >= 11 is 0. The van der Waals surface area contributed by atoms with Gasteiger partial charge in [-0.15, -0.1) is 0 Å². The highest BCUT2D eigenvalue weighted by atomic mass is 32.2. The fourth-order valence-electron chi connectivity index (χ4n) is 3.66. The Hall–Kier alpha value is -4.50. The number of hydrogen-bond acceptors (Lipinski definition) is 6. The van der Waals surface area contributed by atoms with E-state index in [9.17, 15) is 18.0 Å². The van der Waals surface area contributed by atoms with E-state index >= 15 is 0 Å². The molecule has 0 aliphatic heterocycles. The molecular formula is C26H21N3O5S. The first kappa shape index (κ1) is 23.7. The van der Waals surface area contributed by atoms with Crippen LogP contribution in [-0.2, 0) is 14.3 Å². The first-order valence-electron chi connectivity index (χ1n) is 10.4. The minimum atomic E-state index is -4.05. The Labute approximate surface area is 202 Å². The van der Waals surface area contributed by atoms with E-state index in [0.717, 1.165) is 11.6 Å². The summed E-state index contributed by atoms with van der Waals surface area (Å²) < 4.78 is 28.0. The summed E-state index contributed by atoms with van der Waals surface area (Å²) in [7, 11) is -4.05. The SMILES string of the molecule is CS(=O)(=O)OC(=O)c1cc2ccccc2cc1-c1ccccc1C(=O)Nc1ccc(C(=N)N)cc1. The Balaban J connectivity index is 1.80. The zero-order chi connectivity index (χ0) is 25.2. The van der Waals surface area contributed by atoms with Crippen LogP contribution < -0.4 is 11.1 Å². The third kappa shape index (κ3) is 5.36. The van der Waals surface area contributed by atoms with Crippen molar-refractivity contribution in [2.24, 2.45) is 5.73 Å². The van der Waals surface area contributed by atoms with Crippen molar-refractivity contribution in [1.29, 1.82) is 5.41 Å². The molecule has 4 aromatic carbocycles. The molecule has 176 valence electrons. The summed E-state index contributed by atoms with van der Waals surface area (Å²) in [6.45, 7) is 0. The lowest BCUT2D eigenvalue weighted by molar-refractivity contribution is 0.0749. The van der Waals surface area contributed by atoms with Crippen molar-refractivity contribution in [1.82, 2.24) is 0 Å². The van der Waals surface area contributed by atoms with Gasteiger partial charge in [0, 0.05) is 16.8 Å². The topological polar surface area (TPSA) is 139 Å². The zero-order valence-corrected chi connectivity index (χ0v) is 19.4. The molecule has 35 heavy (non-hydrogen) atoms. The Morgan fingerprint density at radius 1 is 0.829 bits per heavy atom. The van der Waals surface area contributed by atoms with Gasteiger partial charge in [-0.1, -0.05) is 42.5 Å². The molecule has 4 aromatic rings. The average Bonchev–Trinajstić information content (AvgIpc) is 2.82. The van der Waals surface area contributed by atoms with E-state index in [-0.39, 0.29) is 17.0 Å². The Kier molecular flexibility index (Phi) is 6.35. The van der Waals surface area contributed by atoms with Crippen molar-refractivity contribution in [2.75, 3.05) is 11.6 Å². The number of nitrogen functional groups attached to an aromatic ring is 1. The molecular weight excluding hydrogens is 466 g/mol. The molecule has 0 unspecified atom stereocenters. The summed E-state index contributed by atoms with van der Waals surface area (Å²) in [5.41, 5.74) is 7.56. The van der Waals surface area contributed by atoms with E-state index in [2.05, 4.69) is 9.50 Å². The van der Waals surface area contributed by atoms with Gasteiger partial charge in [0.1, 0.15) is 5.84 Å². The lowest BCUT2D eigenvalue weighted by atomic mass is 9.92. The number of carbonyl (C=O) groups is 2. The standard InChI is InChI=1S/C26H21N3O5S/c1-35(32,33)34-26(31)23-15-18-7-3-2-6-17(18)14-22(23)20-8-4-5-9-21(20)25(30)29-19-12-10-16(11-13-19)24(27)28/h2-15H,1H3,(H3,27,28)(H,29,30). The van der Waals surface area contributed by atoms with E-state index in [4.69, 9.17) is 11.1 Å². The summed E-state index contributed by atoms with van der Waals surface area (Å²) in [6, 6.07) is 23.7. The van der Waals surface area contributed by atoms with Crippen molar-refractivity contribution >= 4 is 44.3 Å². The fourth-order valence-corrected chi connectivity index (χ4v) is 4.03. The normalized spacial score (nSPS) is 11.1. The Bertz CT molecular complexity index is 1580. The van der Waals surface area contributed by atoms with Gasteiger partial charge >= 0.3 is 16.1 Å². The van der Waals surface area contributed by atoms with Crippen molar-refractivity contribution in [3.05, 3.63) is 102 Å². The van der Waals surface area contributed by atoms with Gasteiger partial charge in [-0.05, 0) is 64.4 Å². The van der Waals surface area contributed by atoms with Crippen molar-refractivity contribution in [2.45, 2.75) is 0 Å². The average molecular weight is 488 g/mol. The van der Waals surface area contributed by atoms with Crippen molar-refractivity contribution in [3.63, 3.8) is 0 Å². The number of nitrogens with two attached hydrogens (primary N) is 1. The summed E-state index contributed by atoms with van der Waals surface area (Å²) in [6.07, 6.45) is 0.796. The second-order valence-electron chi connectivity index (χ2n) is 7.81. The van der Waals surface area contributed by atoms with Gasteiger partial charge < -0.3 is 15.2 Å². The molecule has 0 saturated carbocycles. The predicted molar refractivity (Wildman–Crippen MR) is 135 cm³/mol. The number of hydrogen-bond donors (Lipinski definition) is 3. The van der Waals surface area contributed by atoms with E-state index in [1.165, 1.54) is 0 Å². The van der Waals surface area contributed by atoms with Crippen LogP contribution in [-0.4, -0.2) is 32.4 Å². The molecule has 0 aromatic heterocycles. The number of benzene rings is 4. The minimum absolute atomic E-state index is 0.0141. The van der Waals surface area contributed by atoms with Crippen LogP contribution in [0.5, 0.6) is 0 Å². The minimum Gasteiger partial charge on any atom is -0.384 e. The van der Waals surface area contributed by atoms with Gasteiger partial charge in [0.2, 0.25) is 0 Å². The van der Waals surface area contributed by atoms with Gasteiger partial charge in [0.15, 0.2) is 0 Å². The van der Waals surface area contributed by atoms with E-state index in [1.807, 2.05) is 12.1 Å². The lowest BCUT2D eigenvalue weighted by Gasteiger charge is -2.15. The van der Waals surface area contributed by atoms with Crippen LogP contribution in [0.1, 0.15) is 26.3 Å². The second-order valence-corrected chi connectivity index (χ2v) is 9.39. The molecule has 4 rings (SSSR count). The quantitative estimate of drug-likeness (QED) is 0.212. The highest BCUT2D eigenvalue weighted by molar-refractivity contribution is 7.86. The van der Waals surface area contributed by atoms with Gasteiger partial charge in [0.05, 0.1) is 11.8 Å². The zero-order valence-electron chi connectivity index (χ0n) is 18.6. The number of amides is 1. The van der Waals surface area contributed by atoms with Crippen LogP contribution in [0.3, 0.4) is 0 Å². The molecule has 0 saturated heterocycles. The van der Waals surface area contributed by atoms with Crippen LogP contribution in [0, 0.1) is 5.41 Å². The number of carbonyl (C=O) groups excluding carboxylic acids is 2. The molecule has 9 heteroatoms. The maximum absolute atomic E-state index is 13.2. The van der Waals surface area contributed by atoms with Crippen LogP contribution in [0.25, 0.3) is 21.9 Å². The van der Waals surface area contributed by atoms with E-state index < -0.39 is 22.0 Å². The highest BCUT2D eigenvalue weighted by Gasteiger charge is 2.22. The van der Waals surface area contributed by atoms with Crippen molar-refractivity contribution < 1.29 is 22.2 Å². The van der Waals surface area contributed by atoms with Gasteiger partial charge in [-0.2, -0.15) is 8.42 Å². The van der Waals surface area contributed by atoms with E-state index in [1.54, 1.807) is 72.8 Å². The smallest absolute Gasteiger partial charge is 0.354 e. The third-order valence-corrected chi connectivity index (χ3v) is 5.70. The maximum Gasteiger partial charge on any atom is 0.354 e. The second kappa shape index (κ2) is 9.40. The molecule has 0 spiro atoms. The fraction of sp³-hybridized carbons (Fsp3) is 0.0385. The van der Waals surface area contributed by atoms with Gasteiger partial charge in [-0.25, -0.2) is 4.79 Å². The van der Waals surface area contributed by atoms with Crippen LogP contribution in [0.4, 0.5) is 5.69 Å². The molecule has 1 amide bonds. The molecule has 4 N–H and O–H groups in total. The molecule has 8 nitrogen and oxygen atoms in total. The van der Waals surface area contributed by atoms with Crippen LogP contribution >= 0.6 is 0 Å². The first-order valence-corrected chi connectivity index (χ1v) is 12.3. The van der Waals surface area contributed by atoms with E-state index in [0.29, 0.717) is 27.8 Å². The predicted octanol–water partition coefficient (Wildman–Crippen LogP) is 4.16. The molecule has 0 atom stereocenters. The molecule has 0 heterocycles. The summed E-state index contributed by atoms with van der Waals surface area (Å²) in [4.78, 5) is 26.0. The molecule has 0 radical (unpaired) electrons. The van der Waals surface area contributed by atoms with Crippen LogP contribution in [0.2, 0.25) is 0 Å². The lowest BCUT2D eigenvalue weighted by Crippen LogP contribution is -2.16. The Morgan fingerprint density at radius 3 is 2.06 bits per heavy atom. The number of amidine groups is 1. The molecule has 0 bridgehead atoms.